The molecule has 0 saturated heterocycles. The summed E-state index contributed by atoms with van der Waals surface area (Å²) in [5.74, 6) is 0.281. The number of carbonyl (C=O) groups is 1. The number of aryl methyl sites for hydroxylation is 2. The van der Waals surface area contributed by atoms with Gasteiger partial charge in [-0.15, -0.1) is 11.3 Å². The molecule has 4 rings (SSSR count). The van der Waals surface area contributed by atoms with Crippen molar-refractivity contribution in [2.75, 3.05) is 0 Å². The highest BCUT2D eigenvalue weighted by Crippen LogP contribution is 2.30. The number of alkyl halides is 3. The lowest BCUT2D eigenvalue weighted by molar-refractivity contribution is -0.137. The summed E-state index contributed by atoms with van der Waals surface area (Å²) in [5.41, 5.74) is 4.16. The molecule has 0 aliphatic carbocycles. The smallest absolute Gasteiger partial charge is 0.416 e. The van der Waals surface area contributed by atoms with Gasteiger partial charge in [0, 0.05) is 17.5 Å². The Morgan fingerprint density at radius 3 is 2.54 bits per heavy atom. The number of benzene rings is 3. The van der Waals surface area contributed by atoms with Crippen molar-refractivity contribution in [3.05, 3.63) is 106 Å². The average molecular weight is 497 g/mol. The molecule has 0 saturated carbocycles. The second-order valence-corrected chi connectivity index (χ2v) is 9.02. The number of hydrogen-bond acceptors (Lipinski definition) is 4. The van der Waals surface area contributed by atoms with Gasteiger partial charge in [-0.05, 0) is 66.9 Å². The average Bonchev–Trinajstić information content (AvgIpc) is 3.34. The zero-order valence-corrected chi connectivity index (χ0v) is 20.0. The van der Waals surface area contributed by atoms with Gasteiger partial charge in [0.1, 0.15) is 23.1 Å². The molecule has 0 spiro atoms. The molecule has 0 aliphatic heterocycles. The van der Waals surface area contributed by atoms with Gasteiger partial charge in [-0.1, -0.05) is 35.9 Å². The predicted molar refractivity (Wildman–Crippen MR) is 130 cm³/mol. The molecule has 1 amide bonds. The van der Waals surface area contributed by atoms with Gasteiger partial charge in [-0.25, -0.2) is 4.98 Å². The molecule has 0 atom stereocenters. The van der Waals surface area contributed by atoms with Gasteiger partial charge < -0.3 is 10.1 Å². The van der Waals surface area contributed by atoms with E-state index >= 15 is 0 Å². The van der Waals surface area contributed by atoms with Crippen LogP contribution in [-0.2, 0) is 19.3 Å². The zero-order chi connectivity index (χ0) is 25.0. The molecule has 0 radical (unpaired) electrons. The molecule has 0 aliphatic rings. The first-order valence-electron chi connectivity index (χ1n) is 10.9. The summed E-state index contributed by atoms with van der Waals surface area (Å²) in [6, 6.07) is 18.6. The Morgan fingerprint density at radius 2 is 1.80 bits per heavy atom. The maximum atomic E-state index is 12.9. The molecule has 3 aromatic carbocycles. The zero-order valence-electron chi connectivity index (χ0n) is 19.1. The fourth-order valence-corrected chi connectivity index (χ4v) is 4.26. The molecule has 1 heterocycles. The van der Waals surface area contributed by atoms with E-state index in [1.807, 2.05) is 31.2 Å². The highest BCUT2D eigenvalue weighted by molar-refractivity contribution is 7.13. The van der Waals surface area contributed by atoms with Crippen molar-refractivity contribution in [2.24, 2.45) is 0 Å². The minimum Gasteiger partial charge on any atom is -0.489 e. The van der Waals surface area contributed by atoms with Crippen LogP contribution in [0.2, 0.25) is 0 Å². The number of hydrogen-bond donors (Lipinski definition) is 1. The van der Waals surface area contributed by atoms with Gasteiger partial charge in [-0.3, -0.25) is 4.79 Å². The fourth-order valence-electron chi connectivity index (χ4n) is 3.45. The van der Waals surface area contributed by atoms with Crippen LogP contribution < -0.4 is 10.1 Å². The van der Waals surface area contributed by atoms with E-state index in [2.05, 4.69) is 35.4 Å². The van der Waals surface area contributed by atoms with Crippen molar-refractivity contribution in [3.63, 3.8) is 0 Å². The van der Waals surface area contributed by atoms with Crippen LogP contribution in [0.15, 0.2) is 72.1 Å². The molecule has 8 heteroatoms. The number of thiazole rings is 1. The van der Waals surface area contributed by atoms with Gasteiger partial charge in [0.25, 0.3) is 5.91 Å². The lowest BCUT2D eigenvalue weighted by Gasteiger charge is -2.10. The Kier molecular flexibility index (Phi) is 7.21. The number of carbonyl (C=O) groups excluding carboxylic acids is 1. The molecule has 0 unspecified atom stereocenters. The van der Waals surface area contributed by atoms with Crippen LogP contribution in [-0.4, -0.2) is 10.9 Å². The van der Waals surface area contributed by atoms with E-state index in [9.17, 15) is 18.0 Å². The topological polar surface area (TPSA) is 51.2 Å². The summed E-state index contributed by atoms with van der Waals surface area (Å²) < 4.78 is 44.5. The number of halogens is 3. The van der Waals surface area contributed by atoms with E-state index in [1.165, 1.54) is 34.6 Å². The Bertz CT molecular complexity index is 1330. The lowest BCUT2D eigenvalue weighted by atomic mass is 10.1. The molecule has 4 aromatic rings. The molecular weight excluding hydrogens is 473 g/mol. The first-order chi connectivity index (χ1) is 16.7. The van der Waals surface area contributed by atoms with Crippen LogP contribution >= 0.6 is 11.3 Å². The maximum Gasteiger partial charge on any atom is 0.416 e. The van der Waals surface area contributed by atoms with Gasteiger partial charge in [0.2, 0.25) is 0 Å². The molecule has 0 bridgehead atoms. The van der Waals surface area contributed by atoms with Crippen molar-refractivity contribution < 1.29 is 22.7 Å². The second-order valence-electron chi connectivity index (χ2n) is 8.16. The SMILES string of the molecule is Cc1ccc(C)c(COc2ccc(-c3nc(C(=O)NCc4cccc(C(F)(F)F)c4)cs3)cc2)c1. The summed E-state index contributed by atoms with van der Waals surface area (Å²) in [6.45, 7) is 4.55. The van der Waals surface area contributed by atoms with E-state index in [0.29, 0.717) is 17.2 Å². The Balaban J connectivity index is 1.35. The number of amides is 1. The molecule has 1 aromatic heterocycles. The third-order valence-electron chi connectivity index (χ3n) is 5.44. The monoisotopic (exact) mass is 496 g/mol. The predicted octanol–water partition coefficient (Wildman–Crippen LogP) is 6.95. The molecule has 4 nitrogen and oxygen atoms in total. The third-order valence-corrected chi connectivity index (χ3v) is 6.34. The Labute approximate surface area is 205 Å². The fraction of sp³-hybridized carbons (Fsp3) is 0.185. The molecule has 1 N–H and O–H groups in total. The quantitative estimate of drug-likeness (QED) is 0.301. The van der Waals surface area contributed by atoms with Crippen LogP contribution in [0.25, 0.3) is 10.6 Å². The van der Waals surface area contributed by atoms with Crippen molar-refractivity contribution in [1.82, 2.24) is 10.3 Å². The second kappa shape index (κ2) is 10.3. The number of rotatable bonds is 7. The normalized spacial score (nSPS) is 11.3. The van der Waals surface area contributed by atoms with E-state index in [-0.39, 0.29) is 12.2 Å². The highest BCUT2D eigenvalue weighted by Gasteiger charge is 2.30. The summed E-state index contributed by atoms with van der Waals surface area (Å²) in [4.78, 5) is 16.8. The summed E-state index contributed by atoms with van der Waals surface area (Å²) in [5, 5.41) is 4.92. The molecule has 0 fully saturated rings. The Morgan fingerprint density at radius 1 is 1.03 bits per heavy atom. The van der Waals surface area contributed by atoms with Gasteiger partial charge in [0.05, 0.1) is 5.56 Å². The first kappa shape index (κ1) is 24.5. The van der Waals surface area contributed by atoms with Gasteiger partial charge >= 0.3 is 6.18 Å². The van der Waals surface area contributed by atoms with Crippen LogP contribution in [0.5, 0.6) is 5.75 Å². The van der Waals surface area contributed by atoms with E-state index in [4.69, 9.17) is 4.74 Å². The van der Waals surface area contributed by atoms with Crippen LogP contribution in [0.4, 0.5) is 13.2 Å². The van der Waals surface area contributed by atoms with Crippen molar-refractivity contribution in [1.29, 1.82) is 0 Å². The van der Waals surface area contributed by atoms with Crippen molar-refractivity contribution in [2.45, 2.75) is 33.2 Å². The number of nitrogens with zero attached hydrogens (tertiary/aromatic N) is 1. The van der Waals surface area contributed by atoms with Crippen molar-refractivity contribution in [3.8, 4) is 16.3 Å². The van der Waals surface area contributed by atoms with E-state index in [1.54, 1.807) is 5.38 Å². The number of ether oxygens (including phenoxy) is 1. The first-order valence-corrected chi connectivity index (χ1v) is 11.8. The van der Waals surface area contributed by atoms with E-state index < -0.39 is 17.6 Å². The largest absolute Gasteiger partial charge is 0.489 e. The van der Waals surface area contributed by atoms with Crippen LogP contribution in [0, 0.1) is 13.8 Å². The molecular formula is C27H23F3N2O2S. The standard InChI is InChI=1S/C27H23F3N2O2S/c1-17-6-7-18(2)21(12-17)15-34-23-10-8-20(9-11-23)26-32-24(16-35-26)25(33)31-14-19-4-3-5-22(13-19)27(28,29)30/h3-13,16H,14-15H2,1-2H3,(H,31,33). The van der Waals surface area contributed by atoms with E-state index in [0.717, 1.165) is 29.0 Å². The maximum absolute atomic E-state index is 12.9. The summed E-state index contributed by atoms with van der Waals surface area (Å²) >= 11 is 1.32. The number of nitrogens with one attached hydrogen (secondary N) is 1. The van der Waals surface area contributed by atoms with Crippen LogP contribution in [0.1, 0.15) is 38.3 Å². The highest BCUT2D eigenvalue weighted by atomic mass is 32.1. The van der Waals surface area contributed by atoms with Crippen LogP contribution in [0.3, 0.4) is 0 Å². The molecule has 180 valence electrons. The minimum absolute atomic E-state index is 0.0257. The van der Waals surface area contributed by atoms with Crippen molar-refractivity contribution >= 4 is 17.2 Å². The molecule has 35 heavy (non-hydrogen) atoms. The van der Waals surface area contributed by atoms with Gasteiger partial charge in [-0.2, -0.15) is 13.2 Å². The summed E-state index contributed by atoms with van der Waals surface area (Å²) in [7, 11) is 0. The summed E-state index contributed by atoms with van der Waals surface area (Å²) in [6.07, 6.45) is -4.43. The van der Waals surface area contributed by atoms with Gasteiger partial charge in [0.15, 0.2) is 0 Å². The Hall–Kier alpha value is -3.65. The lowest BCUT2D eigenvalue weighted by Crippen LogP contribution is -2.23. The third kappa shape index (κ3) is 6.27. The number of aromatic nitrogens is 1. The minimum atomic E-state index is -4.43.